The number of aryl methyl sites for hydroxylation is 1. The van der Waals surface area contributed by atoms with E-state index in [-0.39, 0.29) is 32.4 Å². The number of nitrogens with one attached hydrogen (secondary N) is 2. The van der Waals surface area contributed by atoms with Crippen LogP contribution in [0.3, 0.4) is 0 Å². The third-order valence-corrected chi connectivity index (χ3v) is 9.45. The van der Waals surface area contributed by atoms with Gasteiger partial charge in [0.1, 0.15) is 17.8 Å². The molecule has 236 valence electrons. The molecule has 1 saturated carbocycles. The number of aliphatic hydroxyl groups is 1. The maximum atomic E-state index is 14.4. The van der Waals surface area contributed by atoms with E-state index in [1.165, 1.54) is 4.90 Å². The molecule has 12 heteroatoms. The van der Waals surface area contributed by atoms with Gasteiger partial charge in [-0.05, 0) is 56.1 Å². The van der Waals surface area contributed by atoms with E-state index in [0.717, 1.165) is 46.3 Å². The van der Waals surface area contributed by atoms with Gasteiger partial charge in [0.05, 0.1) is 28.8 Å². The van der Waals surface area contributed by atoms with E-state index in [2.05, 4.69) is 31.5 Å². The molecule has 3 atom stereocenters. The summed E-state index contributed by atoms with van der Waals surface area (Å²) in [4.78, 5) is 46.4. The number of thiazole rings is 1. The number of ether oxygens (including phenoxy) is 1. The van der Waals surface area contributed by atoms with Crippen molar-refractivity contribution in [2.24, 2.45) is 5.41 Å². The van der Waals surface area contributed by atoms with Crippen LogP contribution in [0.15, 0.2) is 23.7 Å². The molecule has 1 aromatic heterocycles. The first kappa shape index (κ1) is 33.3. The molecule has 43 heavy (non-hydrogen) atoms. The fourth-order valence-electron chi connectivity index (χ4n) is 5.13. The predicted octanol–water partition coefficient (Wildman–Crippen LogP) is 4.67. The summed E-state index contributed by atoms with van der Waals surface area (Å²) in [5.41, 5.74) is 1.83. The number of benzene rings is 1. The van der Waals surface area contributed by atoms with E-state index in [1.807, 2.05) is 25.1 Å². The highest BCUT2D eigenvalue weighted by molar-refractivity contribution is 9.09. The van der Waals surface area contributed by atoms with Gasteiger partial charge in [0.2, 0.25) is 11.8 Å². The molecule has 4 rings (SSSR count). The summed E-state index contributed by atoms with van der Waals surface area (Å²) < 4.78 is 20.6. The second kappa shape index (κ2) is 14.0. The molecule has 3 N–H and O–H groups in total. The SMILES string of the molecule is Cc1ncsc1-c1ccc(CNC(=O)[C@@H]2C[C@@H](O)CN2C(=O)C(NC(=O)C2(F)CC2)C(C)(C)C)c(OCCCCCBr)c1. The van der Waals surface area contributed by atoms with Crippen LogP contribution < -0.4 is 15.4 Å². The number of amides is 3. The molecule has 9 nitrogen and oxygen atoms in total. The van der Waals surface area contributed by atoms with Crippen molar-refractivity contribution in [2.75, 3.05) is 18.5 Å². The molecular formula is C31H42BrFN4O5S. The van der Waals surface area contributed by atoms with Crippen molar-refractivity contribution in [2.45, 2.75) is 96.6 Å². The Bertz CT molecular complexity index is 1310. The molecular weight excluding hydrogens is 639 g/mol. The summed E-state index contributed by atoms with van der Waals surface area (Å²) in [7, 11) is 0. The number of nitrogens with zero attached hydrogens (tertiary/aromatic N) is 2. The Labute approximate surface area is 265 Å². The predicted molar refractivity (Wildman–Crippen MR) is 168 cm³/mol. The monoisotopic (exact) mass is 680 g/mol. The van der Waals surface area contributed by atoms with Crippen molar-refractivity contribution < 1.29 is 28.6 Å². The maximum absolute atomic E-state index is 14.4. The zero-order valence-electron chi connectivity index (χ0n) is 25.3. The quantitative estimate of drug-likeness (QED) is 0.209. The van der Waals surface area contributed by atoms with Gasteiger partial charge in [-0.1, -0.05) is 48.8 Å². The number of aliphatic hydroxyl groups excluding tert-OH is 1. The first-order chi connectivity index (χ1) is 20.3. The first-order valence-electron chi connectivity index (χ1n) is 14.8. The van der Waals surface area contributed by atoms with Gasteiger partial charge in [-0.15, -0.1) is 11.3 Å². The molecule has 2 aromatic rings. The summed E-state index contributed by atoms with van der Waals surface area (Å²) in [6.07, 6.45) is 2.41. The third kappa shape index (κ3) is 8.33. The smallest absolute Gasteiger partial charge is 0.258 e. The van der Waals surface area contributed by atoms with Crippen molar-refractivity contribution in [3.05, 3.63) is 35.0 Å². The number of alkyl halides is 2. The number of halogens is 2. The van der Waals surface area contributed by atoms with Crippen LogP contribution in [-0.2, 0) is 20.9 Å². The van der Waals surface area contributed by atoms with E-state index in [0.29, 0.717) is 12.4 Å². The lowest BCUT2D eigenvalue weighted by Gasteiger charge is -2.35. The molecule has 1 aliphatic heterocycles. The standard InChI is InChI=1S/C31H42BrFN4O5S/c1-19-25(43-18-35-19)20-8-9-21(24(14-20)42-13-7-5-6-12-32)16-34-27(39)23-15-22(38)17-37(23)28(40)26(30(2,3)4)36-29(41)31(33)10-11-31/h8-9,14,18,22-23,26,38H,5-7,10-13,15-17H2,1-4H3,(H,34,39)(H,36,41)/t22-,23+,26?/m1/s1. The number of unbranched alkanes of at least 4 members (excludes halogenated alkanes) is 2. The van der Waals surface area contributed by atoms with Crippen LogP contribution in [0.1, 0.15) is 70.6 Å². The second-order valence-electron chi connectivity index (χ2n) is 12.5. The maximum Gasteiger partial charge on any atom is 0.258 e. The largest absolute Gasteiger partial charge is 0.493 e. The summed E-state index contributed by atoms with van der Waals surface area (Å²) in [5, 5.41) is 16.9. The topological polar surface area (TPSA) is 121 Å². The number of carbonyl (C=O) groups excluding carboxylic acids is 3. The molecule has 2 heterocycles. The second-order valence-corrected chi connectivity index (χ2v) is 14.2. The molecule has 1 unspecified atom stereocenters. The van der Waals surface area contributed by atoms with Crippen molar-refractivity contribution in [3.8, 4) is 16.2 Å². The Hall–Kier alpha value is -2.57. The summed E-state index contributed by atoms with van der Waals surface area (Å²) in [6.45, 7) is 7.93. The third-order valence-electron chi connectivity index (χ3n) is 7.91. The van der Waals surface area contributed by atoms with Crippen LogP contribution in [0, 0.1) is 12.3 Å². The van der Waals surface area contributed by atoms with Gasteiger partial charge in [0, 0.05) is 30.4 Å². The van der Waals surface area contributed by atoms with E-state index in [1.54, 1.807) is 37.6 Å². The van der Waals surface area contributed by atoms with Crippen molar-refractivity contribution in [1.29, 1.82) is 0 Å². The lowest BCUT2D eigenvalue weighted by molar-refractivity contribution is -0.145. The zero-order chi connectivity index (χ0) is 31.4. The number of carbonyl (C=O) groups is 3. The van der Waals surface area contributed by atoms with Gasteiger partial charge in [0.15, 0.2) is 5.67 Å². The minimum atomic E-state index is -1.94. The molecule has 3 amide bonds. The Balaban J connectivity index is 1.47. The van der Waals surface area contributed by atoms with Gasteiger partial charge in [0.25, 0.3) is 5.91 Å². The number of rotatable bonds is 13. The number of hydrogen-bond donors (Lipinski definition) is 3. The van der Waals surface area contributed by atoms with E-state index < -0.39 is 47.0 Å². The molecule has 2 fully saturated rings. The number of hydrogen-bond acceptors (Lipinski definition) is 7. The van der Waals surface area contributed by atoms with Crippen molar-refractivity contribution in [1.82, 2.24) is 20.5 Å². The molecule has 0 spiro atoms. The van der Waals surface area contributed by atoms with E-state index >= 15 is 0 Å². The van der Waals surface area contributed by atoms with Crippen LogP contribution >= 0.6 is 27.3 Å². The molecule has 1 aliphatic carbocycles. The van der Waals surface area contributed by atoms with Crippen LogP contribution in [0.4, 0.5) is 4.39 Å². The Morgan fingerprint density at radius 2 is 2.00 bits per heavy atom. The summed E-state index contributed by atoms with van der Waals surface area (Å²) in [5.74, 6) is -1.07. The molecule has 1 aromatic carbocycles. The van der Waals surface area contributed by atoms with Gasteiger partial charge < -0.3 is 25.4 Å². The molecule has 1 saturated heterocycles. The van der Waals surface area contributed by atoms with Gasteiger partial charge in [-0.2, -0.15) is 0 Å². The average Bonchev–Trinajstić information content (AvgIpc) is 3.37. The minimum absolute atomic E-state index is 0.0498. The zero-order valence-corrected chi connectivity index (χ0v) is 27.7. The van der Waals surface area contributed by atoms with Crippen molar-refractivity contribution in [3.63, 3.8) is 0 Å². The molecule has 0 radical (unpaired) electrons. The fourth-order valence-corrected chi connectivity index (χ4v) is 6.33. The Morgan fingerprint density at radius 3 is 2.63 bits per heavy atom. The van der Waals surface area contributed by atoms with Gasteiger partial charge in [-0.25, -0.2) is 9.37 Å². The highest BCUT2D eigenvalue weighted by atomic mass is 79.9. The minimum Gasteiger partial charge on any atom is -0.493 e. The van der Waals surface area contributed by atoms with Crippen LogP contribution in [-0.4, -0.2) is 75.1 Å². The molecule has 2 aliphatic rings. The lowest BCUT2D eigenvalue weighted by Crippen LogP contribution is -2.59. The van der Waals surface area contributed by atoms with Gasteiger partial charge in [-0.3, -0.25) is 14.4 Å². The highest BCUT2D eigenvalue weighted by Gasteiger charge is 2.53. The average molecular weight is 682 g/mol. The van der Waals surface area contributed by atoms with E-state index in [4.69, 9.17) is 4.74 Å². The molecule has 0 bridgehead atoms. The van der Waals surface area contributed by atoms with Crippen LogP contribution in [0.2, 0.25) is 0 Å². The lowest BCUT2D eigenvalue weighted by atomic mass is 9.85. The Kier molecular flexibility index (Phi) is 10.9. The number of β-amino-alcohol motifs (C(OH)–C–C–N with tert-alkyl or cyclic N) is 1. The first-order valence-corrected chi connectivity index (χ1v) is 16.8. The van der Waals surface area contributed by atoms with Crippen LogP contribution in [0.5, 0.6) is 5.75 Å². The van der Waals surface area contributed by atoms with Crippen LogP contribution in [0.25, 0.3) is 10.4 Å². The normalized spacial score (nSPS) is 20.0. The fraction of sp³-hybridized carbons (Fsp3) is 0.613. The Morgan fingerprint density at radius 1 is 1.26 bits per heavy atom. The van der Waals surface area contributed by atoms with Crippen molar-refractivity contribution >= 4 is 45.0 Å². The number of aromatic nitrogens is 1. The highest BCUT2D eigenvalue weighted by Crippen LogP contribution is 2.40. The van der Waals surface area contributed by atoms with E-state index in [9.17, 15) is 23.9 Å². The summed E-state index contributed by atoms with van der Waals surface area (Å²) >= 11 is 5.01. The van der Waals surface area contributed by atoms with Gasteiger partial charge >= 0.3 is 0 Å². The number of likely N-dealkylation sites (tertiary alicyclic amines) is 1. The summed E-state index contributed by atoms with van der Waals surface area (Å²) in [6, 6.07) is 3.88.